The Kier molecular flexibility index (Phi) is 6.32. The zero-order valence-electron chi connectivity index (χ0n) is 19.0. The van der Waals surface area contributed by atoms with Crippen LogP contribution in [0, 0.1) is 11.6 Å². The number of aliphatic imine (C=N–C) groups is 1. The molecule has 170 valence electrons. The number of nitrogens with zero attached hydrogens (tertiary/aromatic N) is 1. The van der Waals surface area contributed by atoms with Crippen molar-refractivity contribution in [2.75, 3.05) is 0 Å². The Morgan fingerprint density at radius 1 is 0.429 bits per heavy atom. The van der Waals surface area contributed by atoms with Gasteiger partial charge in [-0.25, -0.2) is 8.78 Å². The maximum atomic E-state index is 13.8. The molecule has 0 atom stereocenters. The summed E-state index contributed by atoms with van der Waals surface area (Å²) in [6, 6.07) is 42.9. The van der Waals surface area contributed by atoms with E-state index in [1.807, 2.05) is 54.6 Å². The maximum Gasteiger partial charge on any atom is 0.136 e. The summed E-state index contributed by atoms with van der Waals surface area (Å²) in [6.07, 6.45) is 0. The molecule has 0 fully saturated rings. The van der Waals surface area contributed by atoms with Gasteiger partial charge in [-0.05, 0) is 65.2 Å². The van der Waals surface area contributed by atoms with Gasteiger partial charge in [0.25, 0.3) is 0 Å². The van der Waals surface area contributed by atoms with Crippen molar-refractivity contribution in [2.45, 2.75) is 5.54 Å². The summed E-state index contributed by atoms with van der Waals surface area (Å²) < 4.78 is 27.7. The van der Waals surface area contributed by atoms with Gasteiger partial charge in [0.2, 0.25) is 0 Å². The lowest BCUT2D eigenvalue weighted by Gasteiger charge is -2.33. The van der Waals surface area contributed by atoms with Crippen molar-refractivity contribution in [3.63, 3.8) is 0 Å². The summed E-state index contributed by atoms with van der Waals surface area (Å²) in [4.78, 5) is 5.49. The third-order valence-corrected chi connectivity index (χ3v) is 6.09. The molecule has 0 aromatic heterocycles. The summed E-state index contributed by atoms with van der Waals surface area (Å²) in [5.41, 5.74) is 4.18. The predicted octanol–water partition coefficient (Wildman–Crippen LogP) is 7.79. The molecule has 3 heteroatoms. The zero-order valence-corrected chi connectivity index (χ0v) is 19.0. The van der Waals surface area contributed by atoms with Gasteiger partial charge in [-0.3, -0.25) is 4.99 Å². The van der Waals surface area contributed by atoms with Gasteiger partial charge in [0, 0.05) is 11.1 Å². The van der Waals surface area contributed by atoms with Crippen molar-refractivity contribution in [1.82, 2.24) is 0 Å². The minimum Gasteiger partial charge on any atom is -0.263 e. The first-order chi connectivity index (χ1) is 17.2. The second-order valence-electron chi connectivity index (χ2n) is 8.28. The molecule has 0 radical (unpaired) electrons. The molecule has 35 heavy (non-hydrogen) atoms. The molecule has 0 bridgehead atoms. The quantitative estimate of drug-likeness (QED) is 0.181. The van der Waals surface area contributed by atoms with Gasteiger partial charge in [-0.2, -0.15) is 0 Å². The van der Waals surface area contributed by atoms with Crippen LogP contribution in [-0.4, -0.2) is 5.71 Å². The van der Waals surface area contributed by atoms with Crippen LogP contribution in [0.1, 0.15) is 27.8 Å². The predicted molar refractivity (Wildman–Crippen MR) is 138 cm³/mol. The number of halogens is 2. The highest BCUT2D eigenvalue weighted by Crippen LogP contribution is 2.41. The molecule has 0 unspecified atom stereocenters. The Bertz CT molecular complexity index is 1270. The SMILES string of the molecule is Fc1ccc(C(=NC(c2ccccc2)(c2ccccc2)c2ccccc2)c2ccc(F)cc2)cc1. The van der Waals surface area contributed by atoms with Crippen LogP contribution in [0.15, 0.2) is 145 Å². The van der Waals surface area contributed by atoms with Crippen molar-refractivity contribution in [3.8, 4) is 0 Å². The van der Waals surface area contributed by atoms with Gasteiger partial charge in [0.05, 0.1) is 5.71 Å². The number of benzene rings is 5. The fourth-order valence-electron chi connectivity index (χ4n) is 4.41. The first-order valence-electron chi connectivity index (χ1n) is 11.4. The molecule has 0 aliphatic heterocycles. The van der Waals surface area contributed by atoms with Crippen molar-refractivity contribution in [2.24, 2.45) is 4.99 Å². The Labute approximate surface area is 204 Å². The van der Waals surface area contributed by atoms with Crippen LogP contribution in [0.2, 0.25) is 0 Å². The molecule has 0 saturated carbocycles. The summed E-state index contributed by atoms with van der Waals surface area (Å²) in [5.74, 6) is -0.653. The lowest BCUT2D eigenvalue weighted by Crippen LogP contribution is -2.29. The second-order valence-corrected chi connectivity index (χ2v) is 8.28. The molecule has 0 aliphatic carbocycles. The fourth-order valence-corrected chi connectivity index (χ4v) is 4.41. The summed E-state index contributed by atoms with van der Waals surface area (Å²) in [7, 11) is 0. The van der Waals surface area contributed by atoms with Crippen LogP contribution in [0.25, 0.3) is 0 Å². The van der Waals surface area contributed by atoms with E-state index in [1.54, 1.807) is 24.3 Å². The third-order valence-electron chi connectivity index (χ3n) is 6.09. The van der Waals surface area contributed by atoms with E-state index in [9.17, 15) is 8.78 Å². The lowest BCUT2D eigenvalue weighted by atomic mass is 9.77. The van der Waals surface area contributed by atoms with Crippen LogP contribution in [0.4, 0.5) is 8.78 Å². The van der Waals surface area contributed by atoms with Crippen molar-refractivity contribution in [1.29, 1.82) is 0 Å². The van der Waals surface area contributed by atoms with E-state index in [2.05, 4.69) is 36.4 Å². The summed E-state index contributed by atoms with van der Waals surface area (Å²) in [5, 5.41) is 0. The van der Waals surface area contributed by atoms with Gasteiger partial charge >= 0.3 is 0 Å². The Balaban J connectivity index is 1.89. The fraction of sp³-hybridized carbons (Fsp3) is 0.0312. The molecule has 1 nitrogen and oxygen atoms in total. The van der Waals surface area contributed by atoms with Crippen LogP contribution < -0.4 is 0 Å². The summed E-state index contributed by atoms with van der Waals surface area (Å²) in [6.45, 7) is 0. The zero-order chi connectivity index (χ0) is 24.1. The van der Waals surface area contributed by atoms with Crippen LogP contribution in [0.3, 0.4) is 0 Å². The Morgan fingerprint density at radius 2 is 0.743 bits per heavy atom. The average molecular weight is 460 g/mol. The van der Waals surface area contributed by atoms with E-state index in [-0.39, 0.29) is 11.6 Å². The van der Waals surface area contributed by atoms with Crippen LogP contribution in [-0.2, 0) is 5.54 Å². The lowest BCUT2D eigenvalue weighted by molar-refractivity contribution is 0.627. The first kappa shape index (κ1) is 22.4. The van der Waals surface area contributed by atoms with E-state index in [0.717, 1.165) is 27.8 Å². The third kappa shape index (κ3) is 4.53. The molecule has 0 aliphatic rings. The number of rotatable bonds is 6. The molecule has 5 aromatic rings. The largest absolute Gasteiger partial charge is 0.263 e. The standard InChI is InChI=1S/C32H23F2N/c33-29-20-16-24(17-21-29)31(25-18-22-30(34)23-19-25)35-32(26-10-4-1-5-11-26,27-12-6-2-7-13-27)28-14-8-3-9-15-28/h1-23H. The van der Waals surface area contributed by atoms with Crippen molar-refractivity contribution >= 4 is 5.71 Å². The van der Waals surface area contributed by atoms with Gasteiger partial charge in [-0.15, -0.1) is 0 Å². The molecule has 5 rings (SSSR count). The number of hydrogen-bond acceptors (Lipinski definition) is 1. The molecule has 0 spiro atoms. The monoisotopic (exact) mass is 459 g/mol. The van der Waals surface area contributed by atoms with E-state index in [1.165, 1.54) is 24.3 Å². The highest BCUT2D eigenvalue weighted by atomic mass is 19.1. The Morgan fingerprint density at radius 3 is 1.06 bits per heavy atom. The van der Waals surface area contributed by atoms with Crippen molar-refractivity contribution < 1.29 is 8.78 Å². The highest BCUT2D eigenvalue weighted by molar-refractivity contribution is 6.13. The first-order valence-corrected chi connectivity index (χ1v) is 11.4. The average Bonchev–Trinajstić information content (AvgIpc) is 2.92. The van der Waals surface area contributed by atoms with E-state index in [0.29, 0.717) is 5.71 Å². The Hall–Kier alpha value is -4.37. The minimum atomic E-state index is -0.901. The molecule has 5 aromatic carbocycles. The smallest absolute Gasteiger partial charge is 0.136 e. The number of hydrogen-bond donors (Lipinski definition) is 0. The highest BCUT2D eigenvalue weighted by Gasteiger charge is 2.36. The molecule has 0 N–H and O–H groups in total. The van der Waals surface area contributed by atoms with Gasteiger partial charge in [0.1, 0.15) is 17.2 Å². The molecule has 0 amide bonds. The van der Waals surface area contributed by atoms with Gasteiger partial charge in [0.15, 0.2) is 0 Å². The van der Waals surface area contributed by atoms with E-state index < -0.39 is 5.54 Å². The molecule has 0 saturated heterocycles. The minimum absolute atomic E-state index is 0.326. The normalized spacial score (nSPS) is 11.1. The molecular weight excluding hydrogens is 436 g/mol. The van der Waals surface area contributed by atoms with Crippen LogP contribution in [0.5, 0.6) is 0 Å². The van der Waals surface area contributed by atoms with Crippen LogP contribution >= 0.6 is 0 Å². The van der Waals surface area contributed by atoms with Crippen molar-refractivity contribution in [3.05, 3.63) is 179 Å². The maximum absolute atomic E-state index is 13.8. The van der Waals surface area contributed by atoms with Gasteiger partial charge in [-0.1, -0.05) is 91.0 Å². The molecule has 0 heterocycles. The van der Waals surface area contributed by atoms with E-state index in [4.69, 9.17) is 4.99 Å². The van der Waals surface area contributed by atoms with Gasteiger partial charge < -0.3 is 0 Å². The topological polar surface area (TPSA) is 12.4 Å². The summed E-state index contributed by atoms with van der Waals surface area (Å²) >= 11 is 0. The van der Waals surface area contributed by atoms with E-state index >= 15 is 0 Å². The second kappa shape index (κ2) is 9.86. The molecular formula is C32H23F2N.